The number of carbonyl (C=O) groups is 1. The molecule has 0 aliphatic heterocycles. The lowest BCUT2D eigenvalue weighted by Crippen LogP contribution is -2.31. The smallest absolute Gasteiger partial charge is 0.287 e. The van der Waals surface area contributed by atoms with E-state index in [2.05, 4.69) is 10.3 Å². The van der Waals surface area contributed by atoms with Gasteiger partial charge in [0.2, 0.25) is 5.82 Å². The maximum absolute atomic E-state index is 12.7. The molecule has 0 aliphatic rings. The van der Waals surface area contributed by atoms with Crippen molar-refractivity contribution in [2.45, 2.75) is 0 Å². The van der Waals surface area contributed by atoms with Gasteiger partial charge in [0.1, 0.15) is 0 Å². The van der Waals surface area contributed by atoms with Crippen LogP contribution in [0.5, 0.6) is 0 Å². The topological polar surface area (TPSA) is 64.0 Å². The number of fused-ring (bicyclic) bond motifs is 1. The average molecular weight is 279 g/mol. The third-order valence-electron chi connectivity index (χ3n) is 3.22. The molecule has 3 aromatic rings. The Morgan fingerprint density at radius 3 is 2.43 bits per heavy atom. The zero-order valence-electron chi connectivity index (χ0n) is 11.4. The van der Waals surface area contributed by atoms with Crippen molar-refractivity contribution in [3.8, 4) is 5.69 Å². The lowest BCUT2D eigenvalue weighted by molar-refractivity contribution is 0.0950. The van der Waals surface area contributed by atoms with Gasteiger partial charge in [-0.1, -0.05) is 30.3 Å². The van der Waals surface area contributed by atoms with Crippen LogP contribution in [-0.4, -0.2) is 22.5 Å². The normalized spacial score (nSPS) is 10.5. The largest absolute Gasteiger partial charge is 0.352 e. The second kappa shape index (κ2) is 5.20. The predicted molar refractivity (Wildman–Crippen MR) is 80.7 cm³/mol. The first kappa shape index (κ1) is 13.1. The van der Waals surface area contributed by atoms with Crippen molar-refractivity contribution in [2.75, 3.05) is 7.05 Å². The maximum atomic E-state index is 12.7. The second-order valence-corrected chi connectivity index (χ2v) is 4.51. The van der Waals surface area contributed by atoms with Gasteiger partial charge >= 0.3 is 0 Å². The fraction of sp³-hybridized carbons (Fsp3) is 0.0625. The number of benzene rings is 2. The van der Waals surface area contributed by atoms with Crippen LogP contribution >= 0.6 is 0 Å². The van der Waals surface area contributed by atoms with E-state index >= 15 is 0 Å². The van der Waals surface area contributed by atoms with E-state index in [0.717, 1.165) is 0 Å². The number of hydrogen-bond acceptors (Lipinski definition) is 3. The summed E-state index contributed by atoms with van der Waals surface area (Å²) in [4.78, 5) is 29.1. The van der Waals surface area contributed by atoms with E-state index in [0.29, 0.717) is 16.6 Å². The van der Waals surface area contributed by atoms with Gasteiger partial charge in [-0.3, -0.25) is 14.2 Å². The van der Waals surface area contributed by atoms with Gasteiger partial charge in [-0.15, -0.1) is 0 Å². The molecule has 0 spiro atoms. The fourth-order valence-corrected chi connectivity index (χ4v) is 2.21. The summed E-state index contributed by atoms with van der Waals surface area (Å²) in [5.74, 6) is -0.325. The van der Waals surface area contributed by atoms with E-state index in [1.54, 1.807) is 36.4 Å². The van der Waals surface area contributed by atoms with Gasteiger partial charge in [-0.25, -0.2) is 4.98 Å². The number of amides is 1. The van der Waals surface area contributed by atoms with Gasteiger partial charge in [-0.05, 0) is 24.3 Å². The third-order valence-corrected chi connectivity index (χ3v) is 3.22. The van der Waals surface area contributed by atoms with Crippen LogP contribution in [0.2, 0.25) is 0 Å². The summed E-state index contributed by atoms with van der Waals surface area (Å²) < 4.78 is 1.33. The summed E-state index contributed by atoms with van der Waals surface area (Å²) in [6.45, 7) is 0. The first-order chi connectivity index (χ1) is 10.2. The van der Waals surface area contributed by atoms with Crippen molar-refractivity contribution in [1.29, 1.82) is 0 Å². The highest BCUT2D eigenvalue weighted by atomic mass is 16.2. The van der Waals surface area contributed by atoms with Crippen LogP contribution in [0.25, 0.3) is 16.6 Å². The average Bonchev–Trinajstić information content (AvgIpc) is 2.55. The molecule has 21 heavy (non-hydrogen) atoms. The van der Waals surface area contributed by atoms with Gasteiger partial charge in [0.15, 0.2) is 0 Å². The first-order valence-electron chi connectivity index (χ1n) is 6.51. The van der Waals surface area contributed by atoms with Crippen LogP contribution in [0.4, 0.5) is 0 Å². The molecular weight excluding hydrogens is 266 g/mol. The summed E-state index contributed by atoms with van der Waals surface area (Å²) in [6.07, 6.45) is 0. The highest BCUT2D eigenvalue weighted by molar-refractivity contribution is 5.93. The zero-order valence-corrected chi connectivity index (χ0v) is 11.4. The molecular formula is C16H13N3O2. The van der Waals surface area contributed by atoms with Gasteiger partial charge in [0.05, 0.1) is 16.6 Å². The number of hydrogen-bond donors (Lipinski definition) is 1. The Morgan fingerprint density at radius 1 is 1.05 bits per heavy atom. The molecule has 2 aromatic carbocycles. The van der Waals surface area contributed by atoms with E-state index in [1.165, 1.54) is 11.6 Å². The number of nitrogens with one attached hydrogen (secondary N) is 1. The van der Waals surface area contributed by atoms with Gasteiger partial charge in [0, 0.05) is 7.05 Å². The molecule has 0 aliphatic carbocycles. The molecule has 0 saturated carbocycles. The quantitative estimate of drug-likeness (QED) is 0.777. The number of aromatic nitrogens is 2. The van der Waals surface area contributed by atoms with Crippen molar-refractivity contribution in [3.05, 3.63) is 70.8 Å². The molecule has 3 rings (SSSR count). The Bertz CT molecular complexity index is 870. The zero-order chi connectivity index (χ0) is 14.8. The van der Waals surface area contributed by atoms with Crippen molar-refractivity contribution < 1.29 is 4.79 Å². The highest BCUT2D eigenvalue weighted by Crippen LogP contribution is 2.12. The molecule has 1 aromatic heterocycles. The SMILES string of the molecule is CNC(=O)c1nc2ccccc2c(=O)n1-c1ccccc1. The summed E-state index contributed by atoms with van der Waals surface area (Å²) in [7, 11) is 1.51. The van der Waals surface area contributed by atoms with Crippen LogP contribution in [0.15, 0.2) is 59.4 Å². The van der Waals surface area contributed by atoms with Gasteiger partial charge in [-0.2, -0.15) is 0 Å². The molecule has 104 valence electrons. The van der Waals surface area contributed by atoms with E-state index in [9.17, 15) is 9.59 Å². The van der Waals surface area contributed by atoms with Crippen molar-refractivity contribution >= 4 is 16.8 Å². The predicted octanol–water partition coefficient (Wildman–Crippen LogP) is 1.75. The van der Waals surface area contributed by atoms with Gasteiger partial charge in [0.25, 0.3) is 11.5 Å². The molecule has 1 N–H and O–H groups in total. The Morgan fingerprint density at radius 2 is 1.71 bits per heavy atom. The van der Waals surface area contributed by atoms with Crippen LogP contribution < -0.4 is 10.9 Å². The van der Waals surface area contributed by atoms with Crippen molar-refractivity contribution in [1.82, 2.24) is 14.9 Å². The molecule has 5 heteroatoms. The Kier molecular flexibility index (Phi) is 3.23. The van der Waals surface area contributed by atoms with E-state index < -0.39 is 5.91 Å². The van der Waals surface area contributed by atoms with E-state index in [-0.39, 0.29) is 11.4 Å². The third kappa shape index (κ3) is 2.18. The minimum absolute atomic E-state index is 0.0763. The molecule has 0 atom stereocenters. The summed E-state index contributed by atoms with van der Waals surface area (Å²) in [6, 6.07) is 16.0. The van der Waals surface area contributed by atoms with Crippen molar-refractivity contribution in [2.24, 2.45) is 0 Å². The first-order valence-corrected chi connectivity index (χ1v) is 6.51. The van der Waals surface area contributed by atoms with E-state index in [1.807, 2.05) is 18.2 Å². The van der Waals surface area contributed by atoms with E-state index in [4.69, 9.17) is 0 Å². The van der Waals surface area contributed by atoms with Crippen LogP contribution in [0, 0.1) is 0 Å². The summed E-state index contributed by atoms with van der Waals surface area (Å²) in [5.41, 5.74) is 0.859. The van der Waals surface area contributed by atoms with Crippen LogP contribution in [0.1, 0.15) is 10.6 Å². The molecule has 0 radical (unpaired) electrons. The Balaban J connectivity index is 2.43. The number of nitrogens with zero attached hydrogens (tertiary/aromatic N) is 2. The van der Waals surface area contributed by atoms with Crippen molar-refractivity contribution in [3.63, 3.8) is 0 Å². The minimum atomic E-state index is -0.401. The van der Waals surface area contributed by atoms with Crippen LogP contribution in [0.3, 0.4) is 0 Å². The lowest BCUT2D eigenvalue weighted by atomic mass is 10.2. The monoisotopic (exact) mass is 279 g/mol. The number of carbonyl (C=O) groups excluding carboxylic acids is 1. The van der Waals surface area contributed by atoms with Gasteiger partial charge < -0.3 is 5.32 Å². The second-order valence-electron chi connectivity index (χ2n) is 4.51. The number of rotatable bonds is 2. The Hall–Kier alpha value is -2.95. The molecule has 0 fully saturated rings. The summed E-state index contributed by atoms with van der Waals surface area (Å²) in [5, 5.41) is 3.00. The summed E-state index contributed by atoms with van der Waals surface area (Å²) >= 11 is 0. The fourth-order valence-electron chi connectivity index (χ4n) is 2.21. The lowest BCUT2D eigenvalue weighted by Gasteiger charge is -2.12. The number of para-hydroxylation sites is 2. The minimum Gasteiger partial charge on any atom is -0.352 e. The Labute approximate surface area is 120 Å². The molecule has 0 unspecified atom stereocenters. The maximum Gasteiger partial charge on any atom is 0.287 e. The molecule has 5 nitrogen and oxygen atoms in total. The molecule has 1 heterocycles. The highest BCUT2D eigenvalue weighted by Gasteiger charge is 2.17. The molecule has 0 bridgehead atoms. The standard InChI is InChI=1S/C16H13N3O2/c1-17-15(20)14-18-13-10-6-5-9-12(13)16(21)19(14)11-7-3-2-4-8-11/h2-10H,1H3,(H,17,20). The molecule has 1 amide bonds. The molecule has 0 saturated heterocycles. The van der Waals surface area contributed by atoms with Crippen LogP contribution in [-0.2, 0) is 0 Å².